The average molecular weight is 291 g/mol. The van der Waals surface area contributed by atoms with Gasteiger partial charge in [0.25, 0.3) is 0 Å². The fourth-order valence-corrected chi connectivity index (χ4v) is 3.89. The van der Waals surface area contributed by atoms with E-state index in [1.165, 1.54) is 6.07 Å². The number of sulfonamides is 1. The molecule has 1 fully saturated rings. The average Bonchev–Trinajstić information content (AvgIpc) is 2.35. The van der Waals surface area contributed by atoms with Gasteiger partial charge in [0.1, 0.15) is 5.25 Å². The van der Waals surface area contributed by atoms with Crippen LogP contribution in [0.5, 0.6) is 0 Å². The highest BCUT2D eigenvalue weighted by Gasteiger charge is 2.35. The van der Waals surface area contributed by atoms with Crippen LogP contribution in [0.15, 0.2) is 18.2 Å². The van der Waals surface area contributed by atoms with E-state index in [4.69, 9.17) is 0 Å². The second kappa shape index (κ2) is 5.42. The van der Waals surface area contributed by atoms with Crippen molar-refractivity contribution in [3.8, 4) is 0 Å². The van der Waals surface area contributed by atoms with Crippen LogP contribution in [0.1, 0.15) is 25.7 Å². The predicted octanol–water partition coefficient (Wildman–Crippen LogP) is 2.01. The highest BCUT2D eigenvalue weighted by Crippen LogP contribution is 2.27. The van der Waals surface area contributed by atoms with Crippen molar-refractivity contribution in [1.82, 2.24) is 0 Å². The number of hydrogen-bond donors (Lipinski definition) is 2. The molecule has 2 N–H and O–H groups in total. The second-order valence-corrected chi connectivity index (χ2v) is 6.54. The van der Waals surface area contributed by atoms with Crippen molar-refractivity contribution in [3.05, 3.63) is 29.8 Å². The second-order valence-electron chi connectivity index (χ2n) is 4.64. The van der Waals surface area contributed by atoms with Gasteiger partial charge in [0.15, 0.2) is 11.6 Å². The van der Waals surface area contributed by atoms with Gasteiger partial charge in [-0.05, 0) is 25.0 Å². The van der Waals surface area contributed by atoms with Gasteiger partial charge in [0.05, 0.1) is 11.8 Å². The van der Waals surface area contributed by atoms with Crippen LogP contribution in [0.2, 0.25) is 0 Å². The summed E-state index contributed by atoms with van der Waals surface area (Å²) in [6.07, 6.45) is 1.20. The molecule has 1 aromatic carbocycles. The van der Waals surface area contributed by atoms with Crippen molar-refractivity contribution in [1.29, 1.82) is 0 Å². The third-order valence-electron chi connectivity index (χ3n) is 3.27. The van der Waals surface area contributed by atoms with Crippen molar-refractivity contribution in [3.63, 3.8) is 0 Å². The normalized spacial score (nSPS) is 24.2. The monoisotopic (exact) mass is 291 g/mol. The molecule has 7 heteroatoms. The molecule has 0 aliphatic heterocycles. The van der Waals surface area contributed by atoms with Crippen LogP contribution in [0.4, 0.5) is 14.5 Å². The third kappa shape index (κ3) is 3.03. The number of aliphatic hydroxyl groups excluding tert-OH is 1. The number of halogens is 2. The number of hydrogen-bond acceptors (Lipinski definition) is 3. The van der Waals surface area contributed by atoms with Gasteiger partial charge in [-0.15, -0.1) is 0 Å². The molecule has 2 rings (SSSR count). The van der Waals surface area contributed by atoms with Gasteiger partial charge in [0.2, 0.25) is 10.0 Å². The van der Waals surface area contributed by atoms with Gasteiger partial charge < -0.3 is 5.11 Å². The maximum Gasteiger partial charge on any atom is 0.238 e. The number of nitrogens with one attached hydrogen (secondary N) is 1. The van der Waals surface area contributed by atoms with Crippen LogP contribution in [-0.4, -0.2) is 24.9 Å². The van der Waals surface area contributed by atoms with Crippen LogP contribution in [0.25, 0.3) is 0 Å². The first-order valence-corrected chi connectivity index (χ1v) is 7.60. The third-order valence-corrected chi connectivity index (χ3v) is 5.12. The Kier molecular flexibility index (Phi) is 4.05. The topological polar surface area (TPSA) is 66.4 Å². The molecule has 0 heterocycles. The lowest BCUT2D eigenvalue weighted by Crippen LogP contribution is -2.40. The molecule has 1 aromatic rings. The minimum absolute atomic E-state index is 0.313. The van der Waals surface area contributed by atoms with Crippen molar-refractivity contribution in [2.75, 3.05) is 4.72 Å². The molecule has 1 aliphatic carbocycles. The van der Waals surface area contributed by atoms with Crippen molar-refractivity contribution in [2.45, 2.75) is 37.0 Å². The Morgan fingerprint density at radius 1 is 1.21 bits per heavy atom. The maximum absolute atomic E-state index is 13.4. The SMILES string of the molecule is O=S(=O)(Nc1cccc(F)c1F)C1CCCCC1O. The molecule has 1 aliphatic rings. The van der Waals surface area contributed by atoms with E-state index in [0.717, 1.165) is 18.6 Å². The largest absolute Gasteiger partial charge is 0.392 e. The van der Waals surface area contributed by atoms with Crippen LogP contribution in [0.3, 0.4) is 0 Å². The van der Waals surface area contributed by atoms with Gasteiger partial charge in [-0.3, -0.25) is 4.72 Å². The summed E-state index contributed by atoms with van der Waals surface area (Å²) in [6, 6.07) is 3.27. The molecule has 106 valence electrons. The van der Waals surface area contributed by atoms with Crippen LogP contribution in [0, 0.1) is 11.6 Å². The lowest BCUT2D eigenvalue weighted by atomic mass is 9.97. The van der Waals surface area contributed by atoms with Gasteiger partial charge in [0, 0.05) is 0 Å². The summed E-state index contributed by atoms with van der Waals surface area (Å²) >= 11 is 0. The Morgan fingerprint density at radius 2 is 1.89 bits per heavy atom. The molecule has 0 amide bonds. The summed E-state index contributed by atoms with van der Waals surface area (Å²) in [6.45, 7) is 0. The number of anilines is 1. The molecule has 0 spiro atoms. The summed E-state index contributed by atoms with van der Waals surface area (Å²) < 4.78 is 52.6. The van der Waals surface area contributed by atoms with Crippen LogP contribution >= 0.6 is 0 Å². The fourth-order valence-electron chi connectivity index (χ4n) is 2.25. The first-order chi connectivity index (χ1) is 8.92. The lowest BCUT2D eigenvalue weighted by molar-refractivity contribution is 0.133. The Labute approximate surface area is 110 Å². The van der Waals surface area contributed by atoms with E-state index in [1.807, 2.05) is 4.72 Å². The number of benzene rings is 1. The van der Waals surface area contributed by atoms with E-state index in [0.29, 0.717) is 19.3 Å². The van der Waals surface area contributed by atoms with Gasteiger partial charge in [-0.1, -0.05) is 18.9 Å². The van der Waals surface area contributed by atoms with Gasteiger partial charge >= 0.3 is 0 Å². The van der Waals surface area contributed by atoms with Crippen molar-refractivity contribution >= 4 is 15.7 Å². The Balaban J connectivity index is 2.23. The first-order valence-electron chi connectivity index (χ1n) is 6.05. The van der Waals surface area contributed by atoms with E-state index in [-0.39, 0.29) is 0 Å². The molecular weight excluding hydrogens is 276 g/mol. The Bertz CT molecular complexity index is 562. The zero-order chi connectivity index (χ0) is 14.0. The molecule has 19 heavy (non-hydrogen) atoms. The van der Waals surface area contributed by atoms with Gasteiger partial charge in [-0.25, -0.2) is 17.2 Å². The molecule has 0 saturated heterocycles. The highest BCUT2D eigenvalue weighted by atomic mass is 32.2. The van der Waals surface area contributed by atoms with Gasteiger partial charge in [-0.2, -0.15) is 0 Å². The first kappa shape index (κ1) is 14.2. The molecule has 4 nitrogen and oxygen atoms in total. The zero-order valence-corrected chi connectivity index (χ0v) is 11.0. The molecular formula is C12H15F2NO3S. The minimum Gasteiger partial charge on any atom is -0.392 e. The predicted molar refractivity (Wildman–Crippen MR) is 67.2 cm³/mol. The summed E-state index contributed by atoms with van der Waals surface area (Å²) in [5.74, 6) is -2.36. The van der Waals surface area contributed by atoms with E-state index >= 15 is 0 Å². The maximum atomic E-state index is 13.4. The summed E-state index contributed by atoms with van der Waals surface area (Å²) in [4.78, 5) is 0. The highest BCUT2D eigenvalue weighted by molar-refractivity contribution is 7.93. The zero-order valence-electron chi connectivity index (χ0n) is 10.1. The van der Waals surface area contributed by atoms with E-state index < -0.39 is 38.7 Å². The van der Waals surface area contributed by atoms with E-state index in [1.54, 1.807) is 0 Å². The quantitative estimate of drug-likeness (QED) is 0.895. The van der Waals surface area contributed by atoms with E-state index in [2.05, 4.69) is 0 Å². The molecule has 0 bridgehead atoms. The molecule has 2 atom stereocenters. The molecule has 1 saturated carbocycles. The van der Waals surface area contributed by atoms with Crippen LogP contribution in [-0.2, 0) is 10.0 Å². The molecule has 2 unspecified atom stereocenters. The van der Waals surface area contributed by atoms with Crippen molar-refractivity contribution in [2.24, 2.45) is 0 Å². The summed E-state index contributed by atoms with van der Waals surface area (Å²) in [5.41, 5.74) is -0.433. The fraction of sp³-hybridized carbons (Fsp3) is 0.500. The number of aliphatic hydroxyl groups is 1. The van der Waals surface area contributed by atoms with Crippen LogP contribution < -0.4 is 4.72 Å². The molecule has 0 radical (unpaired) electrons. The Morgan fingerprint density at radius 3 is 2.58 bits per heavy atom. The summed E-state index contributed by atoms with van der Waals surface area (Å²) in [7, 11) is -3.93. The number of rotatable bonds is 3. The van der Waals surface area contributed by atoms with Crippen molar-refractivity contribution < 1.29 is 22.3 Å². The smallest absolute Gasteiger partial charge is 0.238 e. The lowest BCUT2D eigenvalue weighted by Gasteiger charge is -2.27. The minimum atomic E-state index is -3.93. The standard InChI is InChI=1S/C12H15F2NO3S/c13-8-4-3-5-9(12(8)14)15-19(17,18)11-7-2-1-6-10(11)16/h3-5,10-11,15-16H,1-2,6-7H2. The van der Waals surface area contributed by atoms with E-state index in [9.17, 15) is 22.3 Å². The Hall–Kier alpha value is -1.21. The summed E-state index contributed by atoms with van der Waals surface area (Å²) in [5, 5.41) is 8.74. The molecule has 0 aromatic heterocycles.